The lowest BCUT2D eigenvalue weighted by Crippen LogP contribution is -1.88. The molecule has 0 fully saturated rings. The third-order valence-corrected chi connectivity index (χ3v) is 5.07. The first-order chi connectivity index (χ1) is 10.7. The third-order valence-electron chi connectivity index (χ3n) is 5.07. The highest BCUT2D eigenvalue weighted by Crippen LogP contribution is 2.41. The Morgan fingerprint density at radius 3 is 2.50 bits per heavy atom. The van der Waals surface area contributed by atoms with Gasteiger partial charge in [-0.05, 0) is 53.8 Å². The molecule has 5 rings (SSSR count). The molecule has 1 nitrogen and oxygen atoms in total. The summed E-state index contributed by atoms with van der Waals surface area (Å²) in [6.45, 7) is 2.17. The molecule has 0 aliphatic heterocycles. The van der Waals surface area contributed by atoms with Crippen molar-refractivity contribution in [3.63, 3.8) is 0 Å². The molecule has 1 heteroatoms. The molecule has 1 aromatic heterocycles. The van der Waals surface area contributed by atoms with Gasteiger partial charge in [0.15, 0.2) is 0 Å². The number of aryl methyl sites for hydroxylation is 2. The molecule has 0 spiro atoms. The maximum Gasteiger partial charge on any atom is 0.0492 e. The molecule has 22 heavy (non-hydrogen) atoms. The molecule has 1 aliphatic rings. The van der Waals surface area contributed by atoms with Crippen LogP contribution in [0.4, 0.5) is 0 Å². The van der Waals surface area contributed by atoms with Gasteiger partial charge in [0.2, 0.25) is 0 Å². The summed E-state index contributed by atoms with van der Waals surface area (Å²) in [6.07, 6.45) is 1.06. The molecule has 0 unspecified atom stereocenters. The molecule has 0 bridgehead atoms. The monoisotopic (exact) mass is 283 g/mol. The lowest BCUT2D eigenvalue weighted by atomic mass is 10.0. The van der Waals surface area contributed by atoms with Crippen LogP contribution in [-0.2, 0) is 13.5 Å². The zero-order valence-electron chi connectivity index (χ0n) is 12.9. The van der Waals surface area contributed by atoms with Crippen molar-refractivity contribution in [3.05, 3.63) is 71.3 Å². The van der Waals surface area contributed by atoms with Crippen LogP contribution < -0.4 is 0 Å². The van der Waals surface area contributed by atoms with Crippen molar-refractivity contribution in [1.29, 1.82) is 0 Å². The second-order valence-corrected chi connectivity index (χ2v) is 6.44. The Bertz CT molecular complexity index is 1070. The summed E-state index contributed by atoms with van der Waals surface area (Å²) >= 11 is 0. The summed E-state index contributed by atoms with van der Waals surface area (Å²) in [6, 6.07) is 20.3. The van der Waals surface area contributed by atoms with Crippen LogP contribution in [0.25, 0.3) is 32.9 Å². The summed E-state index contributed by atoms with van der Waals surface area (Å²) in [7, 11) is 2.17. The molecule has 0 N–H and O–H groups in total. The summed E-state index contributed by atoms with van der Waals surface area (Å²) in [4.78, 5) is 0. The Hall–Kier alpha value is -2.54. The molecular weight excluding hydrogens is 266 g/mol. The van der Waals surface area contributed by atoms with Gasteiger partial charge in [-0.2, -0.15) is 0 Å². The Morgan fingerprint density at radius 2 is 1.59 bits per heavy atom. The van der Waals surface area contributed by atoms with Gasteiger partial charge in [-0.15, -0.1) is 0 Å². The lowest BCUT2D eigenvalue weighted by Gasteiger charge is -2.03. The predicted octanol–water partition coefficient (Wildman–Crippen LogP) is 5.21. The van der Waals surface area contributed by atoms with Gasteiger partial charge in [0.25, 0.3) is 0 Å². The van der Waals surface area contributed by atoms with Crippen molar-refractivity contribution in [3.8, 4) is 11.1 Å². The van der Waals surface area contributed by atoms with Gasteiger partial charge in [0.05, 0.1) is 0 Å². The second kappa shape index (κ2) is 4.01. The van der Waals surface area contributed by atoms with E-state index >= 15 is 0 Å². The number of nitrogens with zero attached hydrogens (tertiary/aromatic N) is 1. The van der Waals surface area contributed by atoms with E-state index in [1.54, 1.807) is 0 Å². The molecule has 0 saturated carbocycles. The van der Waals surface area contributed by atoms with Gasteiger partial charge in [-0.25, -0.2) is 0 Å². The van der Waals surface area contributed by atoms with Crippen LogP contribution >= 0.6 is 0 Å². The minimum Gasteiger partial charge on any atom is -0.344 e. The second-order valence-electron chi connectivity index (χ2n) is 6.44. The lowest BCUT2D eigenvalue weighted by molar-refractivity contribution is 1.01. The zero-order chi connectivity index (χ0) is 14.8. The summed E-state index contributed by atoms with van der Waals surface area (Å²) in [5, 5.41) is 2.72. The van der Waals surface area contributed by atoms with E-state index in [1.807, 2.05) is 0 Å². The average molecular weight is 283 g/mol. The van der Waals surface area contributed by atoms with Crippen LogP contribution in [0, 0.1) is 6.92 Å². The van der Waals surface area contributed by atoms with Crippen LogP contribution in [0.2, 0.25) is 0 Å². The smallest absolute Gasteiger partial charge is 0.0492 e. The van der Waals surface area contributed by atoms with Crippen LogP contribution in [0.15, 0.2) is 54.6 Å². The first-order valence-electron chi connectivity index (χ1n) is 7.82. The van der Waals surface area contributed by atoms with Crippen molar-refractivity contribution in [1.82, 2.24) is 4.57 Å². The third kappa shape index (κ3) is 1.43. The van der Waals surface area contributed by atoms with E-state index in [1.165, 1.54) is 49.6 Å². The highest BCUT2D eigenvalue weighted by atomic mass is 14.9. The number of aromatic nitrogens is 1. The topological polar surface area (TPSA) is 4.93 Å². The van der Waals surface area contributed by atoms with Crippen molar-refractivity contribution in [2.24, 2.45) is 7.05 Å². The Balaban J connectivity index is 1.90. The highest BCUT2D eigenvalue weighted by molar-refractivity contribution is 6.10. The fraction of sp³-hybridized carbons (Fsp3) is 0.143. The fourth-order valence-corrected chi connectivity index (χ4v) is 3.98. The van der Waals surface area contributed by atoms with Gasteiger partial charge in [0, 0.05) is 28.9 Å². The maximum absolute atomic E-state index is 2.40. The Morgan fingerprint density at radius 1 is 0.773 bits per heavy atom. The first-order valence-corrected chi connectivity index (χ1v) is 7.82. The number of hydrogen-bond acceptors (Lipinski definition) is 0. The van der Waals surface area contributed by atoms with Crippen LogP contribution in [0.3, 0.4) is 0 Å². The average Bonchev–Trinajstić information content (AvgIpc) is 3.01. The molecule has 4 aromatic rings. The van der Waals surface area contributed by atoms with Crippen LogP contribution in [0.5, 0.6) is 0 Å². The minimum absolute atomic E-state index is 1.06. The molecular formula is C21H17N. The highest BCUT2D eigenvalue weighted by Gasteiger charge is 2.20. The largest absolute Gasteiger partial charge is 0.344 e. The van der Waals surface area contributed by atoms with Crippen molar-refractivity contribution >= 4 is 21.8 Å². The standard InChI is InChI=1S/C21H17N/c1-13-7-8-16-14(9-13)10-15-11-21-19(12-18(15)16)17-5-3-4-6-20(17)22(21)2/h3-9,11-12H,10H2,1-2H3. The zero-order valence-corrected chi connectivity index (χ0v) is 12.9. The number of fused-ring (bicyclic) bond motifs is 6. The number of benzene rings is 3. The quantitative estimate of drug-likeness (QED) is 0.367. The first kappa shape index (κ1) is 12.0. The van der Waals surface area contributed by atoms with Crippen LogP contribution in [0.1, 0.15) is 16.7 Å². The van der Waals surface area contributed by atoms with E-state index in [4.69, 9.17) is 0 Å². The molecule has 0 saturated heterocycles. The number of para-hydroxylation sites is 1. The normalized spacial score (nSPS) is 12.8. The SMILES string of the molecule is Cc1ccc2c(c1)Cc1cc3c(cc1-2)c1ccccc1n3C. The van der Waals surface area contributed by atoms with Gasteiger partial charge >= 0.3 is 0 Å². The Labute approximate surface area is 129 Å². The van der Waals surface area contributed by atoms with Crippen LogP contribution in [-0.4, -0.2) is 4.57 Å². The predicted molar refractivity (Wildman–Crippen MR) is 93.4 cm³/mol. The van der Waals surface area contributed by atoms with E-state index in [0.717, 1.165) is 6.42 Å². The van der Waals surface area contributed by atoms with Gasteiger partial charge in [-0.3, -0.25) is 0 Å². The number of hydrogen-bond donors (Lipinski definition) is 0. The molecule has 1 heterocycles. The van der Waals surface area contributed by atoms with Crippen molar-refractivity contribution in [2.45, 2.75) is 13.3 Å². The summed E-state index contributed by atoms with van der Waals surface area (Å²) in [5.74, 6) is 0. The summed E-state index contributed by atoms with van der Waals surface area (Å²) in [5.41, 5.74) is 9.75. The minimum atomic E-state index is 1.06. The van der Waals surface area contributed by atoms with Crippen molar-refractivity contribution < 1.29 is 0 Å². The van der Waals surface area contributed by atoms with Crippen molar-refractivity contribution in [2.75, 3.05) is 0 Å². The maximum atomic E-state index is 2.40. The fourth-order valence-electron chi connectivity index (χ4n) is 3.98. The molecule has 1 aliphatic carbocycles. The van der Waals surface area contributed by atoms with E-state index in [9.17, 15) is 0 Å². The van der Waals surface area contributed by atoms with Gasteiger partial charge in [-0.1, -0.05) is 42.0 Å². The van der Waals surface area contributed by atoms with E-state index in [0.29, 0.717) is 0 Å². The summed E-state index contributed by atoms with van der Waals surface area (Å²) < 4.78 is 2.32. The molecule has 0 atom stereocenters. The van der Waals surface area contributed by atoms with E-state index in [2.05, 4.69) is 73.1 Å². The molecule has 106 valence electrons. The molecule has 3 aromatic carbocycles. The molecule has 0 amide bonds. The molecule has 0 radical (unpaired) electrons. The Kier molecular flexibility index (Phi) is 2.20. The van der Waals surface area contributed by atoms with Gasteiger partial charge in [0.1, 0.15) is 0 Å². The van der Waals surface area contributed by atoms with E-state index < -0.39 is 0 Å². The van der Waals surface area contributed by atoms with Gasteiger partial charge < -0.3 is 4.57 Å². The van der Waals surface area contributed by atoms with E-state index in [-0.39, 0.29) is 0 Å². The number of rotatable bonds is 0.